The van der Waals surface area contributed by atoms with Gasteiger partial charge in [-0.25, -0.2) is 0 Å². The first-order chi connectivity index (χ1) is 9.52. The van der Waals surface area contributed by atoms with Crippen LogP contribution in [0.1, 0.15) is 32.3 Å². The molecule has 0 amide bonds. The Morgan fingerprint density at radius 1 is 1.35 bits per heavy atom. The number of benzene rings is 1. The van der Waals surface area contributed by atoms with Crippen LogP contribution in [-0.2, 0) is 16.0 Å². The molecule has 0 spiro atoms. The Kier molecular flexibility index (Phi) is 6.52. The fourth-order valence-electron chi connectivity index (χ4n) is 1.87. The Bertz CT molecular complexity index is 485. The second-order valence-electron chi connectivity index (χ2n) is 5.23. The predicted octanol–water partition coefficient (Wildman–Crippen LogP) is 3.66. The Morgan fingerprint density at radius 2 is 2.00 bits per heavy atom. The number of hydrogen-bond acceptors (Lipinski definition) is 3. The highest BCUT2D eigenvalue weighted by Gasteiger charge is 2.19. The Hall–Kier alpha value is -2.08. The van der Waals surface area contributed by atoms with Crippen molar-refractivity contribution in [1.82, 2.24) is 0 Å². The zero-order valence-corrected chi connectivity index (χ0v) is 12.1. The average molecular weight is 271 g/mol. The van der Waals surface area contributed by atoms with Crippen LogP contribution in [0, 0.1) is 17.2 Å². The summed E-state index contributed by atoms with van der Waals surface area (Å²) in [4.78, 5) is 11.9. The monoisotopic (exact) mass is 271 g/mol. The molecule has 1 aromatic carbocycles. The van der Waals surface area contributed by atoms with E-state index in [1.165, 1.54) is 0 Å². The maximum absolute atomic E-state index is 11.9. The van der Waals surface area contributed by atoms with Gasteiger partial charge >= 0.3 is 5.97 Å². The number of nitriles is 1. The maximum atomic E-state index is 11.9. The van der Waals surface area contributed by atoms with Gasteiger partial charge in [-0.05, 0) is 24.3 Å². The van der Waals surface area contributed by atoms with Crippen molar-refractivity contribution in [3.05, 3.63) is 48.0 Å². The van der Waals surface area contributed by atoms with Crippen molar-refractivity contribution >= 4 is 5.97 Å². The minimum absolute atomic E-state index is 0.282. The largest absolute Gasteiger partial charge is 0.457 e. The van der Waals surface area contributed by atoms with E-state index in [0.29, 0.717) is 30.8 Å². The number of ether oxygens (including phenoxy) is 1. The van der Waals surface area contributed by atoms with Gasteiger partial charge in [-0.15, -0.1) is 0 Å². The third-order valence-corrected chi connectivity index (χ3v) is 2.95. The van der Waals surface area contributed by atoms with E-state index in [1.54, 1.807) is 0 Å². The minimum atomic E-state index is -0.497. The molecule has 3 nitrogen and oxygen atoms in total. The summed E-state index contributed by atoms with van der Waals surface area (Å²) in [6.07, 6.45) is 1.09. The van der Waals surface area contributed by atoms with Gasteiger partial charge in [0.2, 0.25) is 0 Å². The molecule has 0 heterocycles. The molecule has 0 aliphatic heterocycles. The molecule has 0 aliphatic rings. The first kappa shape index (κ1) is 16.0. The van der Waals surface area contributed by atoms with Crippen molar-refractivity contribution in [2.45, 2.75) is 39.2 Å². The topological polar surface area (TPSA) is 50.1 Å². The first-order valence-corrected chi connectivity index (χ1v) is 6.85. The molecule has 0 bridgehead atoms. The zero-order valence-electron chi connectivity index (χ0n) is 12.1. The molecular formula is C17H21NO2. The lowest BCUT2D eigenvalue weighted by atomic mass is 10.0. The smallest absolute Gasteiger partial charge is 0.306 e. The summed E-state index contributed by atoms with van der Waals surface area (Å²) in [6, 6.07) is 11.8. The lowest BCUT2D eigenvalue weighted by molar-refractivity contribution is -0.147. The van der Waals surface area contributed by atoms with E-state index in [2.05, 4.69) is 6.58 Å². The first-order valence-electron chi connectivity index (χ1n) is 6.85. The summed E-state index contributed by atoms with van der Waals surface area (Å²) in [5, 5.41) is 8.90. The summed E-state index contributed by atoms with van der Waals surface area (Å²) in [5.74, 6) is 0.0583. The van der Waals surface area contributed by atoms with Crippen molar-refractivity contribution in [3.63, 3.8) is 0 Å². The molecule has 0 aliphatic carbocycles. The summed E-state index contributed by atoms with van der Waals surface area (Å²) < 4.78 is 5.37. The quantitative estimate of drug-likeness (QED) is 0.561. The molecule has 0 fully saturated rings. The molecule has 106 valence electrons. The number of hydrogen-bond donors (Lipinski definition) is 0. The molecule has 1 rings (SSSR count). The van der Waals surface area contributed by atoms with Crippen molar-refractivity contribution < 1.29 is 9.53 Å². The highest BCUT2D eigenvalue weighted by atomic mass is 16.5. The Labute approximate surface area is 120 Å². The normalized spacial score (nSPS) is 11.7. The van der Waals surface area contributed by atoms with Crippen LogP contribution in [0.25, 0.3) is 0 Å². The van der Waals surface area contributed by atoms with E-state index in [9.17, 15) is 4.79 Å². The van der Waals surface area contributed by atoms with Crippen LogP contribution in [0.3, 0.4) is 0 Å². The van der Waals surface area contributed by atoms with Crippen LogP contribution in [-0.4, -0.2) is 12.1 Å². The summed E-state index contributed by atoms with van der Waals surface area (Å²) in [7, 11) is 0. The molecule has 1 atom stereocenters. The summed E-state index contributed by atoms with van der Waals surface area (Å²) in [5.41, 5.74) is 1.41. The number of aryl methyl sites for hydroxylation is 1. The Balaban J connectivity index is 2.50. The average Bonchev–Trinajstić information content (AvgIpc) is 2.44. The van der Waals surface area contributed by atoms with E-state index < -0.39 is 6.10 Å². The molecular weight excluding hydrogens is 250 g/mol. The van der Waals surface area contributed by atoms with Gasteiger partial charge in [0.1, 0.15) is 6.10 Å². The third kappa shape index (κ3) is 5.71. The van der Waals surface area contributed by atoms with Gasteiger partial charge in [-0.2, -0.15) is 5.26 Å². The molecule has 1 unspecified atom stereocenters. The van der Waals surface area contributed by atoms with Gasteiger partial charge < -0.3 is 4.74 Å². The molecule has 20 heavy (non-hydrogen) atoms. The van der Waals surface area contributed by atoms with Crippen LogP contribution in [0.4, 0.5) is 0 Å². The summed E-state index contributed by atoms with van der Waals surface area (Å²) in [6.45, 7) is 7.71. The van der Waals surface area contributed by atoms with Crippen molar-refractivity contribution in [3.8, 4) is 6.07 Å². The molecule has 3 heteroatoms. The zero-order chi connectivity index (χ0) is 15.0. The molecule has 0 radical (unpaired) electrons. The molecule has 0 saturated carbocycles. The lowest BCUT2D eigenvalue weighted by Gasteiger charge is -2.18. The fraction of sp³-hybridized carbons (Fsp3) is 0.412. The van der Waals surface area contributed by atoms with E-state index in [4.69, 9.17) is 10.00 Å². The third-order valence-electron chi connectivity index (χ3n) is 2.95. The molecule has 0 saturated heterocycles. The number of carbonyl (C=O) groups excluding carboxylic acids is 1. The number of nitrogens with zero attached hydrogens (tertiary/aromatic N) is 1. The van der Waals surface area contributed by atoms with Gasteiger partial charge in [0.15, 0.2) is 0 Å². The fourth-order valence-corrected chi connectivity index (χ4v) is 1.87. The van der Waals surface area contributed by atoms with E-state index >= 15 is 0 Å². The minimum Gasteiger partial charge on any atom is -0.457 e. The second-order valence-corrected chi connectivity index (χ2v) is 5.23. The van der Waals surface area contributed by atoms with Gasteiger partial charge in [-0.1, -0.05) is 50.8 Å². The van der Waals surface area contributed by atoms with Gasteiger partial charge in [0.05, 0.1) is 11.6 Å². The van der Waals surface area contributed by atoms with E-state index in [1.807, 2.05) is 50.2 Å². The number of esters is 1. The van der Waals surface area contributed by atoms with Crippen LogP contribution in [0.5, 0.6) is 0 Å². The lowest BCUT2D eigenvalue weighted by Crippen LogP contribution is -2.21. The van der Waals surface area contributed by atoms with Gasteiger partial charge in [0.25, 0.3) is 0 Å². The van der Waals surface area contributed by atoms with Gasteiger partial charge in [0, 0.05) is 6.42 Å². The highest BCUT2D eigenvalue weighted by molar-refractivity contribution is 5.70. The van der Waals surface area contributed by atoms with E-state index in [0.717, 1.165) is 5.56 Å². The van der Waals surface area contributed by atoms with Crippen LogP contribution >= 0.6 is 0 Å². The van der Waals surface area contributed by atoms with Crippen molar-refractivity contribution in [1.29, 1.82) is 5.26 Å². The van der Waals surface area contributed by atoms with Crippen LogP contribution in [0.2, 0.25) is 0 Å². The Morgan fingerprint density at radius 3 is 2.55 bits per heavy atom. The maximum Gasteiger partial charge on any atom is 0.306 e. The van der Waals surface area contributed by atoms with Gasteiger partial charge in [-0.3, -0.25) is 4.79 Å². The highest BCUT2D eigenvalue weighted by Crippen LogP contribution is 2.16. The standard InChI is InChI=1S/C17H21NO2/c1-13(2)11-16(14(3)12-18)20-17(19)10-9-15-7-5-4-6-8-15/h4-8,13,16H,3,9-11H2,1-2H3. The van der Waals surface area contributed by atoms with E-state index in [-0.39, 0.29) is 5.97 Å². The summed E-state index contributed by atoms with van der Waals surface area (Å²) >= 11 is 0. The number of rotatable bonds is 7. The van der Waals surface area contributed by atoms with Crippen LogP contribution in [0.15, 0.2) is 42.5 Å². The van der Waals surface area contributed by atoms with Crippen LogP contribution < -0.4 is 0 Å². The molecule has 1 aromatic rings. The molecule has 0 N–H and O–H groups in total. The second kappa shape index (κ2) is 8.16. The van der Waals surface area contributed by atoms with Crippen molar-refractivity contribution in [2.24, 2.45) is 5.92 Å². The molecule has 0 aromatic heterocycles. The SMILES string of the molecule is C=C(C#N)C(CC(C)C)OC(=O)CCc1ccccc1. The van der Waals surface area contributed by atoms with Crippen molar-refractivity contribution in [2.75, 3.05) is 0 Å². The predicted molar refractivity (Wildman–Crippen MR) is 78.9 cm³/mol. The number of carbonyl (C=O) groups is 1.